The van der Waals surface area contributed by atoms with Crippen LogP contribution < -0.4 is 21.3 Å². The number of carbonyl (C=O) groups is 2. The molecule has 4 amide bonds. The summed E-state index contributed by atoms with van der Waals surface area (Å²) in [5.74, 6) is 0.384. The van der Waals surface area contributed by atoms with E-state index in [9.17, 15) is 9.59 Å². The fraction of sp³-hybridized carbons (Fsp3) is 0.400. The lowest BCUT2D eigenvalue weighted by Crippen LogP contribution is -2.35. The average Bonchev–Trinajstić information content (AvgIpc) is 2.65. The fourth-order valence-electron chi connectivity index (χ4n) is 1.96. The van der Waals surface area contributed by atoms with E-state index < -0.39 is 0 Å². The van der Waals surface area contributed by atoms with E-state index in [2.05, 4.69) is 53.2 Å². The van der Waals surface area contributed by atoms with Gasteiger partial charge in [-0.2, -0.15) is 0 Å². The van der Waals surface area contributed by atoms with Gasteiger partial charge in [-0.05, 0) is 25.2 Å². The molecule has 4 N–H and O–H groups in total. The second-order valence-corrected chi connectivity index (χ2v) is 5.51. The molecule has 0 heterocycles. The van der Waals surface area contributed by atoms with Crippen LogP contribution in [-0.4, -0.2) is 38.2 Å². The Morgan fingerprint density at radius 2 is 1.23 bits per heavy atom. The van der Waals surface area contributed by atoms with Crippen molar-refractivity contribution in [2.75, 3.05) is 26.2 Å². The zero-order valence-corrected chi connectivity index (χ0v) is 15.5. The molecule has 144 valence electrons. The zero-order valence-electron chi connectivity index (χ0n) is 15.5. The number of rotatable bonds is 14. The Kier molecular flexibility index (Phi) is 15.3. The van der Waals surface area contributed by atoms with Gasteiger partial charge in [0.2, 0.25) is 0 Å². The van der Waals surface area contributed by atoms with Crippen LogP contribution in [0.1, 0.15) is 19.3 Å². The first-order valence-electron chi connectivity index (χ1n) is 8.81. The first kappa shape index (κ1) is 23.2. The van der Waals surface area contributed by atoms with Crippen LogP contribution >= 0.6 is 0 Å². The molecule has 0 rings (SSSR count). The monoisotopic (exact) mass is 360 g/mol. The van der Waals surface area contributed by atoms with Crippen molar-refractivity contribution in [2.24, 2.45) is 5.92 Å². The van der Waals surface area contributed by atoms with Crippen LogP contribution in [0.2, 0.25) is 0 Å². The number of nitrogens with one attached hydrogen (secondary N) is 4. The average molecular weight is 361 g/mol. The normalized spacial score (nSPS) is 11.7. The van der Waals surface area contributed by atoms with E-state index in [0.29, 0.717) is 32.1 Å². The molecule has 0 spiro atoms. The molecule has 1 atom stereocenters. The van der Waals surface area contributed by atoms with E-state index in [0.717, 1.165) is 19.3 Å². The maximum atomic E-state index is 11.3. The van der Waals surface area contributed by atoms with Crippen molar-refractivity contribution in [1.82, 2.24) is 21.3 Å². The van der Waals surface area contributed by atoms with Crippen LogP contribution in [0.4, 0.5) is 9.59 Å². The lowest BCUT2D eigenvalue weighted by Gasteiger charge is -2.08. The Morgan fingerprint density at radius 1 is 0.731 bits per heavy atom. The summed E-state index contributed by atoms with van der Waals surface area (Å²) in [5.41, 5.74) is 0. The van der Waals surface area contributed by atoms with E-state index in [1.165, 1.54) is 0 Å². The summed E-state index contributed by atoms with van der Waals surface area (Å²) in [7, 11) is 0. The number of hydrogen-bond acceptors (Lipinski definition) is 2. The molecule has 0 aliphatic rings. The van der Waals surface area contributed by atoms with Gasteiger partial charge in [0, 0.05) is 26.2 Å². The molecule has 0 aromatic heterocycles. The molecule has 0 radical (unpaired) electrons. The smallest absolute Gasteiger partial charge is 0.315 e. The summed E-state index contributed by atoms with van der Waals surface area (Å²) in [6.07, 6.45) is 16.0. The topological polar surface area (TPSA) is 82.3 Å². The molecular weight excluding hydrogens is 328 g/mol. The van der Waals surface area contributed by atoms with Crippen molar-refractivity contribution in [1.29, 1.82) is 0 Å². The van der Waals surface area contributed by atoms with Crippen LogP contribution in [0.3, 0.4) is 0 Å². The number of hydrogen-bond donors (Lipinski definition) is 4. The minimum absolute atomic E-state index is 0.199. The predicted octanol–water partition coefficient (Wildman–Crippen LogP) is 3.04. The highest BCUT2D eigenvalue weighted by Gasteiger charge is 2.00. The quantitative estimate of drug-likeness (QED) is 0.359. The molecule has 0 saturated heterocycles. The Labute approximate surface area is 157 Å². The third-order valence-electron chi connectivity index (χ3n) is 3.38. The lowest BCUT2D eigenvalue weighted by molar-refractivity contribution is 0.242. The number of amides is 4. The number of carbonyl (C=O) groups excluding carboxylic acids is 2. The number of urea groups is 2. The molecule has 0 saturated carbocycles. The van der Waals surface area contributed by atoms with Crippen molar-refractivity contribution < 1.29 is 9.59 Å². The molecule has 0 aliphatic carbocycles. The van der Waals surface area contributed by atoms with Crippen molar-refractivity contribution >= 4 is 12.1 Å². The maximum Gasteiger partial charge on any atom is 0.315 e. The third kappa shape index (κ3) is 14.8. The van der Waals surface area contributed by atoms with E-state index in [-0.39, 0.29) is 12.1 Å². The summed E-state index contributed by atoms with van der Waals surface area (Å²) in [6, 6.07) is -0.401. The Bertz CT molecular complexity index is 498. The summed E-state index contributed by atoms with van der Waals surface area (Å²) < 4.78 is 0. The Hall–Kier alpha value is -2.76. The van der Waals surface area contributed by atoms with Gasteiger partial charge in [-0.15, -0.1) is 19.7 Å². The van der Waals surface area contributed by atoms with Crippen LogP contribution in [0.5, 0.6) is 0 Å². The summed E-state index contributed by atoms with van der Waals surface area (Å²) in [5, 5.41) is 10.7. The fourth-order valence-corrected chi connectivity index (χ4v) is 1.96. The predicted molar refractivity (Wildman–Crippen MR) is 109 cm³/mol. The second-order valence-electron chi connectivity index (χ2n) is 5.51. The molecule has 6 nitrogen and oxygen atoms in total. The molecule has 0 fully saturated rings. The standard InChI is InChI=1S/C20H32N4O2/c1-4-14-21-19(25)23-16-10-7-8-12-18(6-3)13-9-11-17-24-20(26)22-15-5-2/h4-7,9-11,18H,1-3,8,12-17H2,(H2,21,23,25)(H2,22,24,26)/b10-7+,11-9+. The molecular formula is C20H32N4O2. The van der Waals surface area contributed by atoms with Crippen LogP contribution in [0.15, 0.2) is 62.3 Å². The van der Waals surface area contributed by atoms with Crippen LogP contribution in [0, 0.1) is 5.92 Å². The van der Waals surface area contributed by atoms with Gasteiger partial charge in [0.15, 0.2) is 0 Å². The molecule has 0 aliphatic heterocycles. The van der Waals surface area contributed by atoms with Crippen molar-refractivity contribution in [3.05, 3.63) is 62.3 Å². The summed E-state index contributed by atoms with van der Waals surface area (Å²) in [4.78, 5) is 22.6. The highest BCUT2D eigenvalue weighted by atomic mass is 16.2. The van der Waals surface area contributed by atoms with E-state index in [1.54, 1.807) is 12.2 Å². The van der Waals surface area contributed by atoms with Crippen LogP contribution in [0.25, 0.3) is 0 Å². The van der Waals surface area contributed by atoms with E-state index in [4.69, 9.17) is 0 Å². The molecule has 1 unspecified atom stereocenters. The van der Waals surface area contributed by atoms with Gasteiger partial charge in [0.25, 0.3) is 0 Å². The molecule has 0 bridgehead atoms. The summed E-state index contributed by atoms with van der Waals surface area (Å²) >= 11 is 0. The molecule has 6 heteroatoms. The minimum atomic E-state index is -0.202. The SMILES string of the molecule is C=CCNC(=O)NC/C=C/CCC(C=C)C/C=C/CNC(=O)NCC=C. The highest BCUT2D eigenvalue weighted by molar-refractivity contribution is 5.74. The van der Waals surface area contributed by atoms with Gasteiger partial charge in [-0.25, -0.2) is 9.59 Å². The molecule has 0 aromatic carbocycles. The lowest BCUT2D eigenvalue weighted by atomic mass is 9.99. The van der Waals surface area contributed by atoms with Crippen LogP contribution in [-0.2, 0) is 0 Å². The van der Waals surface area contributed by atoms with Gasteiger partial charge in [-0.3, -0.25) is 0 Å². The van der Waals surface area contributed by atoms with Gasteiger partial charge in [0.1, 0.15) is 0 Å². The van der Waals surface area contributed by atoms with Crippen molar-refractivity contribution in [3.8, 4) is 0 Å². The second kappa shape index (κ2) is 17.1. The van der Waals surface area contributed by atoms with Gasteiger partial charge < -0.3 is 21.3 Å². The zero-order chi connectivity index (χ0) is 19.5. The van der Waals surface area contributed by atoms with E-state index >= 15 is 0 Å². The first-order chi connectivity index (χ1) is 12.6. The Balaban J connectivity index is 3.80. The molecule has 26 heavy (non-hydrogen) atoms. The molecule has 0 aromatic rings. The van der Waals surface area contributed by atoms with Gasteiger partial charge in [0.05, 0.1) is 0 Å². The minimum Gasteiger partial charge on any atom is -0.335 e. The summed E-state index contributed by atoms with van der Waals surface area (Å²) in [6.45, 7) is 12.8. The van der Waals surface area contributed by atoms with Crippen molar-refractivity contribution in [3.63, 3.8) is 0 Å². The largest absolute Gasteiger partial charge is 0.335 e. The maximum absolute atomic E-state index is 11.3. The van der Waals surface area contributed by atoms with E-state index in [1.807, 2.05) is 18.2 Å². The van der Waals surface area contributed by atoms with Gasteiger partial charge >= 0.3 is 12.1 Å². The van der Waals surface area contributed by atoms with Crippen molar-refractivity contribution in [2.45, 2.75) is 19.3 Å². The third-order valence-corrected chi connectivity index (χ3v) is 3.38. The highest BCUT2D eigenvalue weighted by Crippen LogP contribution is 2.13. The first-order valence-corrected chi connectivity index (χ1v) is 8.81. The van der Waals surface area contributed by atoms with Gasteiger partial charge in [-0.1, -0.05) is 42.5 Å². The number of allylic oxidation sites excluding steroid dienone is 3. The Morgan fingerprint density at radius 3 is 1.73 bits per heavy atom.